The summed E-state index contributed by atoms with van der Waals surface area (Å²) in [6.45, 7) is 2.50. The Morgan fingerprint density at radius 3 is 2.89 bits per heavy atom. The van der Waals surface area contributed by atoms with Gasteiger partial charge in [-0.05, 0) is 59.7 Å². The summed E-state index contributed by atoms with van der Waals surface area (Å²) < 4.78 is 0.525. The van der Waals surface area contributed by atoms with Crippen LogP contribution in [-0.2, 0) is 0 Å². The van der Waals surface area contributed by atoms with E-state index in [1.54, 1.807) is 18.3 Å². The molecule has 2 rings (SSSR count). The number of pyridine rings is 1. The molecule has 0 radical (unpaired) electrons. The van der Waals surface area contributed by atoms with E-state index >= 15 is 0 Å². The fourth-order valence-corrected chi connectivity index (χ4v) is 2.80. The van der Waals surface area contributed by atoms with Crippen molar-refractivity contribution < 1.29 is 9.90 Å². The molecule has 0 bridgehead atoms. The smallest absolute Gasteiger partial charge is 0.254 e. The van der Waals surface area contributed by atoms with E-state index in [0.29, 0.717) is 22.6 Å². The average molecular weight is 327 g/mol. The lowest BCUT2D eigenvalue weighted by molar-refractivity contribution is -0.00540. The second-order valence-corrected chi connectivity index (χ2v) is 6.18. The number of aromatic nitrogens is 1. The van der Waals surface area contributed by atoms with Gasteiger partial charge in [-0.3, -0.25) is 4.79 Å². The summed E-state index contributed by atoms with van der Waals surface area (Å²) in [6.07, 6.45) is 5.16. The normalized spacial score (nSPS) is 27.0. The van der Waals surface area contributed by atoms with E-state index in [9.17, 15) is 9.90 Å². The molecular weight excluding hydrogens is 308 g/mol. The molecule has 1 fully saturated rings. The highest BCUT2D eigenvalue weighted by atomic mass is 79.9. The number of aliphatic hydroxyl groups is 1. The van der Waals surface area contributed by atoms with Crippen LogP contribution in [0.15, 0.2) is 22.9 Å². The predicted molar refractivity (Wildman–Crippen MR) is 76.9 cm³/mol. The van der Waals surface area contributed by atoms with Gasteiger partial charge in [-0.25, -0.2) is 4.98 Å². The van der Waals surface area contributed by atoms with Crippen LogP contribution < -0.4 is 5.32 Å². The van der Waals surface area contributed by atoms with Crippen molar-refractivity contribution in [2.24, 2.45) is 5.92 Å². The largest absolute Gasteiger partial charge is 0.388 e. The molecule has 0 unspecified atom stereocenters. The third-order valence-electron chi connectivity index (χ3n) is 3.79. The molecule has 104 valence electrons. The maximum absolute atomic E-state index is 12.0. The topological polar surface area (TPSA) is 62.2 Å². The van der Waals surface area contributed by atoms with Crippen LogP contribution >= 0.6 is 15.9 Å². The minimum absolute atomic E-state index is 0.202. The molecule has 1 aliphatic rings. The van der Waals surface area contributed by atoms with Gasteiger partial charge in [-0.1, -0.05) is 6.92 Å². The first-order valence-corrected chi connectivity index (χ1v) is 7.40. The summed E-state index contributed by atoms with van der Waals surface area (Å²) >= 11 is 3.25. The third-order valence-corrected chi connectivity index (χ3v) is 4.42. The number of hydrogen-bond donors (Lipinski definition) is 2. The second kappa shape index (κ2) is 6.01. The number of nitrogens with one attached hydrogen (secondary N) is 1. The van der Waals surface area contributed by atoms with Gasteiger partial charge in [0.2, 0.25) is 0 Å². The van der Waals surface area contributed by atoms with Crippen LogP contribution in [0.5, 0.6) is 0 Å². The lowest BCUT2D eigenvalue weighted by Gasteiger charge is -2.34. The monoisotopic (exact) mass is 326 g/mol. The molecule has 1 saturated carbocycles. The maximum atomic E-state index is 12.0. The molecule has 1 aromatic rings. The van der Waals surface area contributed by atoms with Gasteiger partial charge in [0.1, 0.15) is 4.60 Å². The minimum atomic E-state index is -0.753. The Balaban J connectivity index is 1.92. The van der Waals surface area contributed by atoms with Gasteiger partial charge in [0.15, 0.2) is 0 Å². The van der Waals surface area contributed by atoms with E-state index in [1.165, 1.54) is 0 Å². The highest BCUT2D eigenvalue weighted by Gasteiger charge is 2.32. The zero-order chi connectivity index (χ0) is 13.9. The van der Waals surface area contributed by atoms with Crippen LogP contribution in [0.4, 0.5) is 0 Å². The first-order chi connectivity index (χ1) is 9.00. The zero-order valence-electron chi connectivity index (χ0n) is 11.0. The van der Waals surface area contributed by atoms with Gasteiger partial charge in [0.05, 0.1) is 11.2 Å². The van der Waals surface area contributed by atoms with Gasteiger partial charge >= 0.3 is 0 Å². The van der Waals surface area contributed by atoms with E-state index in [4.69, 9.17) is 0 Å². The first-order valence-electron chi connectivity index (χ1n) is 6.61. The average Bonchev–Trinajstić information content (AvgIpc) is 2.41. The summed E-state index contributed by atoms with van der Waals surface area (Å²) in [5.41, 5.74) is -0.257. The van der Waals surface area contributed by atoms with Gasteiger partial charge in [-0.15, -0.1) is 0 Å². The number of hydrogen-bond acceptors (Lipinski definition) is 3. The van der Waals surface area contributed by atoms with Crippen LogP contribution in [0.2, 0.25) is 0 Å². The summed E-state index contributed by atoms with van der Waals surface area (Å²) in [6, 6.07) is 3.43. The molecule has 0 atom stereocenters. The molecule has 2 N–H and O–H groups in total. The van der Waals surface area contributed by atoms with Crippen LogP contribution in [-0.4, -0.2) is 28.1 Å². The van der Waals surface area contributed by atoms with Crippen molar-refractivity contribution in [3.8, 4) is 0 Å². The molecule has 0 aromatic carbocycles. The van der Waals surface area contributed by atoms with Crippen molar-refractivity contribution in [3.63, 3.8) is 0 Å². The Kier molecular flexibility index (Phi) is 4.58. The van der Waals surface area contributed by atoms with Crippen molar-refractivity contribution in [2.45, 2.75) is 38.2 Å². The number of halogens is 1. The standard InChI is InChI=1S/C14H19BrN2O2/c1-10-4-6-14(19,7-5-10)9-17-13(18)11-3-2-8-16-12(11)15/h2-3,8,10,19H,4-7,9H2,1H3,(H,17,18). The van der Waals surface area contributed by atoms with E-state index in [2.05, 4.69) is 33.2 Å². The number of carbonyl (C=O) groups is 1. The minimum Gasteiger partial charge on any atom is -0.388 e. The van der Waals surface area contributed by atoms with E-state index in [1.807, 2.05) is 0 Å². The molecular formula is C14H19BrN2O2. The number of rotatable bonds is 3. The lowest BCUT2D eigenvalue weighted by Crippen LogP contribution is -2.45. The van der Waals surface area contributed by atoms with Crippen LogP contribution in [0.3, 0.4) is 0 Å². The van der Waals surface area contributed by atoms with Gasteiger partial charge < -0.3 is 10.4 Å². The van der Waals surface area contributed by atoms with Crippen molar-refractivity contribution in [1.29, 1.82) is 0 Å². The molecule has 1 aromatic heterocycles. The van der Waals surface area contributed by atoms with Crippen molar-refractivity contribution in [2.75, 3.05) is 6.54 Å². The molecule has 19 heavy (non-hydrogen) atoms. The molecule has 5 heteroatoms. The Bertz CT molecular complexity index is 457. The Morgan fingerprint density at radius 1 is 1.58 bits per heavy atom. The molecule has 1 amide bonds. The number of amides is 1. The number of nitrogens with zero attached hydrogens (tertiary/aromatic N) is 1. The maximum Gasteiger partial charge on any atom is 0.254 e. The molecule has 0 saturated heterocycles. The Morgan fingerprint density at radius 2 is 2.26 bits per heavy atom. The molecule has 1 heterocycles. The fraction of sp³-hybridized carbons (Fsp3) is 0.571. The summed E-state index contributed by atoms with van der Waals surface area (Å²) in [4.78, 5) is 16.0. The molecule has 4 nitrogen and oxygen atoms in total. The van der Waals surface area contributed by atoms with Gasteiger partial charge in [0.25, 0.3) is 5.91 Å². The number of carbonyl (C=O) groups excluding carboxylic acids is 1. The second-order valence-electron chi connectivity index (χ2n) is 5.43. The van der Waals surface area contributed by atoms with Gasteiger partial charge in [-0.2, -0.15) is 0 Å². The highest BCUT2D eigenvalue weighted by molar-refractivity contribution is 9.10. The van der Waals surface area contributed by atoms with Crippen LogP contribution in [0, 0.1) is 5.92 Å². The van der Waals surface area contributed by atoms with Crippen molar-refractivity contribution >= 4 is 21.8 Å². The Hall–Kier alpha value is -0.940. The van der Waals surface area contributed by atoms with E-state index in [-0.39, 0.29) is 5.91 Å². The zero-order valence-corrected chi connectivity index (χ0v) is 12.6. The van der Waals surface area contributed by atoms with E-state index < -0.39 is 5.60 Å². The molecule has 0 aliphatic heterocycles. The van der Waals surface area contributed by atoms with Crippen molar-refractivity contribution in [1.82, 2.24) is 10.3 Å². The van der Waals surface area contributed by atoms with Crippen molar-refractivity contribution in [3.05, 3.63) is 28.5 Å². The van der Waals surface area contributed by atoms with Crippen LogP contribution in [0.1, 0.15) is 43.0 Å². The lowest BCUT2D eigenvalue weighted by atomic mass is 9.79. The molecule has 0 spiro atoms. The van der Waals surface area contributed by atoms with Crippen LogP contribution in [0.25, 0.3) is 0 Å². The third kappa shape index (κ3) is 3.76. The predicted octanol–water partition coefficient (Wildman–Crippen LogP) is 2.52. The fourth-order valence-electron chi connectivity index (χ4n) is 2.37. The summed E-state index contributed by atoms with van der Waals surface area (Å²) in [5.74, 6) is 0.468. The van der Waals surface area contributed by atoms with E-state index in [0.717, 1.165) is 25.7 Å². The quantitative estimate of drug-likeness (QED) is 0.839. The summed E-state index contributed by atoms with van der Waals surface area (Å²) in [5, 5.41) is 13.2. The summed E-state index contributed by atoms with van der Waals surface area (Å²) in [7, 11) is 0. The molecule has 1 aliphatic carbocycles. The first kappa shape index (κ1) is 14.5. The van der Waals surface area contributed by atoms with Gasteiger partial charge in [0, 0.05) is 12.7 Å². The Labute approximate surface area is 121 Å². The highest BCUT2D eigenvalue weighted by Crippen LogP contribution is 2.31. The SMILES string of the molecule is CC1CCC(O)(CNC(=O)c2cccnc2Br)CC1.